The van der Waals surface area contributed by atoms with Gasteiger partial charge in [0.1, 0.15) is 0 Å². The van der Waals surface area contributed by atoms with Crippen LogP contribution in [0.25, 0.3) is 0 Å². The number of methoxy groups -OCH3 is 1. The summed E-state index contributed by atoms with van der Waals surface area (Å²) in [6.45, 7) is 10.9. The van der Waals surface area contributed by atoms with Crippen LogP contribution in [-0.4, -0.2) is 35.6 Å². The Hall–Kier alpha value is -2.54. The zero-order chi connectivity index (χ0) is 22.7. The first-order valence-electron chi connectivity index (χ1n) is 10.7. The molecule has 0 radical (unpaired) electrons. The van der Waals surface area contributed by atoms with Gasteiger partial charge >= 0.3 is 5.97 Å². The summed E-state index contributed by atoms with van der Waals surface area (Å²) in [5, 5.41) is 5.75. The number of ether oxygens (including phenoxy) is 1. The summed E-state index contributed by atoms with van der Waals surface area (Å²) >= 11 is 1.50. The Balaban J connectivity index is 2.05. The molecule has 1 amide bonds. The van der Waals surface area contributed by atoms with Crippen molar-refractivity contribution in [3.05, 3.63) is 57.3 Å². The van der Waals surface area contributed by atoms with Gasteiger partial charge in [0.15, 0.2) is 5.17 Å². The highest BCUT2D eigenvalue weighted by molar-refractivity contribution is 8.16. The molecule has 2 aliphatic rings. The number of esters is 1. The SMILES string of the molecule is CCC1=C(C(=O)OC)C(c2ccc(C)cc2C)N2C(CC(=O)NCC(C)C)=CSC2=N1. The lowest BCUT2D eigenvalue weighted by Crippen LogP contribution is -2.38. The van der Waals surface area contributed by atoms with Gasteiger partial charge in [-0.05, 0) is 42.7 Å². The van der Waals surface area contributed by atoms with Crippen molar-refractivity contribution in [1.29, 1.82) is 0 Å². The van der Waals surface area contributed by atoms with E-state index in [-0.39, 0.29) is 24.3 Å². The first-order chi connectivity index (χ1) is 14.8. The van der Waals surface area contributed by atoms with Gasteiger partial charge in [0.2, 0.25) is 5.91 Å². The normalized spacial score (nSPS) is 18.0. The van der Waals surface area contributed by atoms with Crippen LogP contribution in [0.3, 0.4) is 0 Å². The quantitative estimate of drug-likeness (QED) is 0.626. The highest BCUT2D eigenvalue weighted by Crippen LogP contribution is 2.46. The second-order valence-electron chi connectivity index (χ2n) is 8.33. The number of aliphatic imine (C=N–C) groups is 1. The van der Waals surface area contributed by atoms with Crippen LogP contribution < -0.4 is 5.32 Å². The summed E-state index contributed by atoms with van der Waals surface area (Å²) in [4.78, 5) is 32.3. The monoisotopic (exact) mass is 441 g/mol. The molecule has 0 aliphatic carbocycles. The Bertz CT molecular complexity index is 978. The van der Waals surface area contributed by atoms with Gasteiger partial charge in [-0.3, -0.25) is 4.79 Å². The maximum atomic E-state index is 12.9. The predicted molar refractivity (Wildman–Crippen MR) is 125 cm³/mol. The molecule has 3 rings (SSSR count). The number of thioether (sulfide) groups is 1. The summed E-state index contributed by atoms with van der Waals surface area (Å²) in [6, 6.07) is 5.85. The second-order valence-corrected chi connectivity index (χ2v) is 9.17. The first kappa shape index (κ1) is 23.1. The second kappa shape index (κ2) is 9.73. The van der Waals surface area contributed by atoms with E-state index in [9.17, 15) is 9.59 Å². The third kappa shape index (κ3) is 4.87. The lowest BCUT2D eigenvalue weighted by Gasteiger charge is -2.37. The fourth-order valence-electron chi connectivity index (χ4n) is 3.88. The molecule has 1 N–H and O–H groups in total. The molecular weight excluding hydrogens is 410 g/mol. The van der Waals surface area contributed by atoms with Crippen molar-refractivity contribution in [3.8, 4) is 0 Å². The van der Waals surface area contributed by atoms with E-state index >= 15 is 0 Å². The van der Waals surface area contributed by atoms with Gasteiger partial charge < -0.3 is 15.0 Å². The minimum Gasteiger partial charge on any atom is -0.466 e. The van der Waals surface area contributed by atoms with Crippen LogP contribution in [0, 0.1) is 19.8 Å². The molecule has 166 valence electrons. The molecule has 0 saturated carbocycles. The average Bonchev–Trinajstić information content (AvgIpc) is 3.13. The van der Waals surface area contributed by atoms with E-state index in [4.69, 9.17) is 9.73 Å². The molecule has 2 aliphatic heterocycles. The summed E-state index contributed by atoms with van der Waals surface area (Å²) in [5.74, 6) is -0.0388. The third-order valence-corrected chi connectivity index (χ3v) is 6.29. The number of amides is 1. The molecule has 31 heavy (non-hydrogen) atoms. The highest BCUT2D eigenvalue weighted by atomic mass is 32.2. The molecule has 1 aromatic carbocycles. The molecule has 1 unspecified atom stereocenters. The summed E-state index contributed by atoms with van der Waals surface area (Å²) in [5.41, 5.74) is 5.37. The maximum absolute atomic E-state index is 12.9. The highest BCUT2D eigenvalue weighted by Gasteiger charge is 2.41. The Labute approximate surface area is 188 Å². The molecule has 6 nitrogen and oxygen atoms in total. The van der Waals surface area contributed by atoms with E-state index in [1.165, 1.54) is 18.9 Å². The number of nitrogens with zero attached hydrogens (tertiary/aromatic N) is 2. The van der Waals surface area contributed by atoms with E-state index in [2.05, 4.69) is 51.2 Å². The molecular formula is C24H31N3O3S. The van der Waals surface area contributed by atoms with E-state index in [1.54, 1.807) is 0 Å². The lowest BCUT2D eigenvalue weighted by atomic mass is 9.89. The van der Waals surface area contributed by atoms with Gasteiger partial charge in [0.05, 0.1) is 30.8 Å². The van der Waals surface area contributed by atoms with Crippen molar-refractivity contribution in [2.45, 2.75) is 53.5 Å². The molecule has 0 bridgehead atoms. The van der Waals surface area contributed by atoms with Gasteiger partial charge in [-0.1, -0.05) is 56.3 Å². The number of allylic oxidation sites excluding steroid dienone is 1. The Morgan fingerprint density at radius 3 is 2.65 bits per heavy atom. The maximum Gasteiger partial charge on any atom is 0.338 e. The fraction of sp³-hybridized carbons (Fsp3) is 0.458. The number of nitrogens with one attached hydrogen (secondary N) is 1. The van der Waals surface area contributed by atoms with E-state index in [0.717, 1.165) is 33.3 Å². The van der Waals surface area contributed by atoms with Gasteiger partial charge in [-0.15, -0.1) is 0 Å². The van der Waals surface area contributed by atoms with Gasteiger partial charge in [-0.2, -0.15) is 0 Å². The van der Waals surface area contributed by atoms with Crippen molar-refractivity contribution in [3.63, 3.8) is 0 Å². The van der Waals surface area contributed by atoms with Crippen LogP contribution >= 0.6 is 11.8 Å². The standard InChI is InChI=1S/C24H31N3O3S/c1-7-19-21(23(29)30-6)22(18-9-8-15(4)10-16(18)5)27-17(13-31-24(27)26-19)11-20(28)25-12-14(2)3/h8-10,13-14,22H,7,11-12H2,1-6H3,(H,25,28). The van der Waals surface area contributed by atoms with Crippen LogP contribution in [-0.2, 0) is 14.3 Å². The van der Waals surface area contributed by atoms with Crippen molar-refractivity contribution in [2.24, 2.45) is 10.9 Å². The number of hydrogen-bond donors (Lipinski definition) is 1. The number of carbonyl (C=O) groups excluding carboxylic acids is 2. The number of hydrogen-bond acceptors (Lipinski definition) is 6. The minimum absolute atomic E-state index is 0.0361. The molecule has 7 heteroatoms. The average molecular weight is 442 g/mol. The molecule has 0 saturated heterocycles. The summed E-state index contributed by atoms with van der Waals surface area (Å²) < 4.78 is 5.17. The molecule has 0 aromatic heterocycles. The molecule has 1 atom stereocenters. The molecule has 1 aromatic rings. The smallest absolute Gasteiger partial charge is 0.338 e. The van der Waals surface area contributed by atoms with Gasteiger partial charge in [0, 0.05) is 12.2 Å². The van der Waals surface area contributed by atoms with Crippen molar-refractivity contribution < 1.29 is 14.3 Å². The van der Waals surface area contributed by atoms with Crippen LogP contribution in [0.4, 0.5) is 0 Å². The Kier molecular flexibility index (Phi) is 7.26. The van der Waals surface area contributed by atoms with Crippen LogP contribution in [0.2, 0.25) is 0 Å². The number of carbonyl (C=O) groups is 2. The van der Waals surface area contributed by atoms with Crippen LogP contribution in [0.15, 0.2) is 45.6 Å². The molecule has 0 spiro atoms. The lowest BCUT2D eigenvalue weighted by molar-refractivity contribution is -0.136. The molecule has 0 fully saturated rings. The van der Waals surface area contributed by atoms with E-state index in [0.29, 0.717) is 24.5 Å². The van der Waals surface area contributed by atoms with Gasteiger partial charge in [0.25, 0.3) is 0 Å². The third-order valence-electron chi connectivity index (χ3n) is 5.40. The first-order valence-corrected chi connectivity index (χ1v) is 11.5. The number of aryl methyl sites for hydroxylation is 2. The van der Waals surface area contributed by atoms with Gasteiger partial charge in [-0.25, -0.2) is 9.79 Å². The minimum atomic E-state index is -0.384. The fourth-order valence-corrected chi connectivity index (χ4v) is 4.82. The van der Waals surface area contributed by atoms with Crippen LogP contribution in [0.5, 0.6) is 0 Å². The van der Waals surface area contributed by atoms with Crippen molar-refractivity contribution in [2.75, 3.05) is 13.7 Å². The largest absolute Gasteiger partial charge is 0.466 e. The van der Waals surface area contributed by atoms with Crippen molar-refractivity contribution in [1.82, 2.24) is 10.2 Å². The predicted octanol–water partition coefficient (Wildman–Crippen LogP) is 4.60. The number of benzene rings is 1. The Morgan fingerprint density at radius 2 is 2.03 bits per heavy atom. The summed E-state index contributed by atoms with van der Waals surface area (Å²) in [6.07, 6.45) is 0.851. The summed E-state index contributed by atoms with van der Waals surface area (Å²) in [7, 11) is 1.40. The van der Waals surface area contributed by atoms with Crippen LogP contribution in [0.1, 0.15) is 56.3 Å². The number of fused-ring (bicyclic) bond motifs is 1. The Morgan fingerprint density at radius 1 is 1.29 bits per heavy atom. The molecule has 2 heterocycles. The zero-order valence-electron chi connectivity index (χ0n) is 19.1. The van der Waals surface area contributed by atoms with E-state index in [1.807, 2.05) is 17.2 Å². The topological polar surface area (TPSA) is 71.0 Å². The number of amidine groups is 1. The van der Waals surface area contributed by atoms with E-state index < -0.39 is 0 Å². The zero-order valence-corrected chi connectivity index (χ0v) is 19.9. The van der Waals surface area contributed by atoms with Crippen molar-refractivity contribution >= 4 is 28.8 Å². The number of rotatable bonds is 7.